The molecule has 1 amide bonds. The van der Waals surface area contributed by atoms with Gasteiger partial charge in [0.1, 0.15) is 23.3 Å². The predicted molar refractivity (Wildman–Crippen MR) is 82.4 cm³/mol. The van der Waals surface area contributed by atoms with Crippen LogP contribution in [0.1, 0.15) is 46.5 Å². The molecule has 1 aromatic carbocycles. The molecule has 22 heavy (non-hydrogen) atoms. The van der Waals surface area contributed by atoms with Gasteiger partial charge < -0.3 is 14.8 Å². The maximum Gasteiger partial charge on any atom is 0.408 e. The van der Waals surface area contributed by atoms with Crippen LogP contribution in [0, 0.1) is 5.82 Å². The van der Waals surface area contributed by atoms with Crippen molar-refractivity contribution in [1.29, 1.82) is 0 Å². The third kappa shape index (κ3) is 5.20. The van der Waals surface area contributed by atoms with Crippen LogP contribution in [-0.2, 0) is 4.74 Å². The molecule has 0 spiro atoms. The van der Waals surface area contributed by atoms with Gasteiger partial charge in [-0.2, -0.15) is 0 Å². The van der Waals surface area contributed by atoms with Gasteiger partial charge in [-0.3, -0.25) is 0 Å². The third-order valence-electron chi connectivity index (χ3n) is 3.51. The highest BCUT2D eigenvalue weighted by atomic mass is 19.1. The van der Waals surface area contributed by atoms with E-state index in [-0.39, 0.29) is 18.0 Å². The van der Waals surface area contributed by atoms with Crippen LogP contribution >= 0.6 is 0 Å². The zero-order valence-corrected chi connectivity index (χ0v) is 13.4. The molecule has 2 unspecified atom stereocenters. The Morgan fingerprint density at radius 1 is 1.18 bits per heavy atom. The summed E-state index contributed by atoms with van der Waals surface area (Å²) < 4.78 is 24.2. The summed E-state index contributed by atoms with van der Waals surface area (Å²) >= 11 is 0. The molecule has 0 heterocycles. The Labute approximate surface area is 131 Å². The first kappa shape index (κ1) is 16.6. The van der Waals surface area contributed by atoms with E-state index < -0.39 is 11.7 Å². The normalized spacial score (nSPS) is 22.0. The van der Waals surface area contributed by atoms with E-state index in [9.17, 15) is 9.18 Å². The van der Waals surface area contributed by atoms with Crippen molar-refractivity contribution in [1.82, 2.24) is 5.32 Å². The number of rotatable bonds is 3. The number of alkyl carbamates (subject to hydrolysis) is 1. The van der Waals surface area contributed by atoms with Gasteiger partial charge in [0, 0.05) is 0 Å². The van der Waals surface area contributed by atoms with Crippen molar-refractivity contribution in [2.45, 2.75) is 64.2 Å². The third-order valence-corrected chi connectivity index (χ3v) is 3.51. The van der Waals surface area contributed by atoms with Crippen LogP contribution in [0.25, 0.3) is 0 Å². The lowest BCUT2D eigenvalue weighted by molar-refractivity contribution is 0.0402. The highest BCUT2D eigenvalue weighted by Crippen LogP contribution is 2.24. The number of carbonyl (C=O) groups is 1. The lowest BCUT2D eigenvalue weighted by atomic mass is 9.92. The first-order valence-corrected chi connectivity index (χ1v) is 7.75. The molecule has 4 nitrogen and oxygen atoms in total. The lowest BCUT2D eigenvalue weighted by Crippen LogP contribution is -2.49. The van der Waals surface area contributed by atoms with Crippen molar-refractivity contribution in [2.24, 2.45) is 0 Å². The largest absolute Gasteiger partial charge is 0.488 e. The number of benzene rings is 1. The Hall–Kier alpha value is -1.78. The van der Waals surface area contributed by atoms with Crippen molar-refractivity contribution in [3.8, 4) is 5.75 Å². The molecule has 1 N–H and O–H groups in total. The summed E-state index contributed by atoms with van der Waals surface area (Å²) in [5, 5.41) is 2.90. The van der Waals surface area contributed by atoms with Crippen molar-refractivity contribution >= 4 is 6.09 Å². The van der Waals surface area contributed by atoms with Crippen molar-refractivity contribution in [3.63, 3.8) is 0 Å². The second kappa shape index (κ2) is 6.99. The van der Waals surface area contributed by atoms with E-state index in [0.29, 0.717) is 5.75 Å². The van der Waals surface area contributed by atoms with E-state index in [1.54, 1.807) is 12.1 Å². The Morgan fingerprint density at radius 2 is 1.82 bits per heavy atom. The SMILES string of the molecule is CC(C)(C)OC(=O)NC1CCCCC1Oc1ccc(F)cc1. The Kier molecular flexibility index (Phi) is 5.27. The highest BCUT2D eigenvalue weighted by molar-refractivity contribution is 5.68. The van der Waals surface area contributed by atoms with Crippen LogP contribution in [0.2, 0.25) is 0 Å². The van der Waals surface area contributed by atoms with Gasteiger partial charge in [-0.15, -0.1) is 0 Å². The van der Waals surface area contributed by atoms with Crippen molar-refractivity contribution in [3.05, 3.63) is 30.1 Å². The fourth-order valence-corrected chi connectivity index (χ4v) is 2.55. The smallest absolute Gasteiger partial charge is 0.408 e. The van der Waals surface area contributed by atoms with Gasteiger partial charge in [-0.25, -0.2) is 9.18 Å². The number of carbonyl (C=O) groups excluding carboxylic acids is 1. The van der Waals surface area contributed by atoms with E-state index in [0.717, 1.165) is 25.7 Å². The molecule has 1 fully saturated rings. The molecular weight excluding hydrogens is 285 g/mol. The average molecular weight is 309 g/mol. The van der Waals surface area contributed by atoms with Crippen LogP contribution < -0.4 is 10.1 Å². The second-order valence-electron chi connectivity index (χ2n) is 6.65. The molecule has 0 aromatic heterocycles. The quantitative estimate of drug-likeness (QED) is 0.916. The van der Waals surface area contributed by atoms with Crippen molar-refractivity contribution < 1.29 is 18.7 Å². The Morgan fingerprint density at radius 3 is 2.45 bits per heavy atom. The zero-order valence-electron chi connectivity index (χ0n) is 13.4. The molecule has 5 heteroatoms. The van der Waals surface area contributed by atoms with E-state index in [4.69, 9.17) is 9.47 Å². The number of nitrogens with one attached hydrogen (secondary N) is 1. The van der Waals surface area contributed by atoms with Crippen LogP contribution in [0.5, 0.6) is 5.75 Å². The molecular formula is C17H24FNO3. The minimum Gasteiger partial charge on any atom is -0.488 e. The minimum absolute atomic E-state index is 0.0892. The predicted octanol–water partition coefficient (Wildman–Crippen LogP) is 4.04. The molecule has 1 saturated carbocycles. The summed E-state index contributed by atoms with van der Waals surface area (Å²) in [5.41, 5.74) is -0.522. The van der Waals surface area contributed by atoms with Gasteiger partial charge in [0.2, 0.25) is 0 Å². The molecule has 0 aliphatic heterocycles. The topological polar surface area (TPSA) is 47.6 Å². The highest BCUT2D eigenvalue weighted by Gasteiger charge is 2.29. The summed E-state index contributed by atoms with van der Waals surface area (Å²) in [6.45, 7) is 5.50. The molecule has 2 atom stereocenters. The van der Waals surface area contributed by atoms with Crippen LogP contribution in [0.3, 0.4) is 0 Å². The minimum atomic E-state index is -0.522. The molecule has 0 saturated heterocycles. The monoisotopic (exact) mass is 309 g/mol. The number of ether oxygens (including phenoxy) is 2. The van der Waals surface area contributed by atoms with E-state index in [2.05, 4.69) is 5.32 Å². The number of hydrogen-bond acceptors (Lipinski definition) is 3. The van der Waals surface area contributed by atoms with E-state index in [1.165, 1.54) is 12.1 Å². The average Bonchev–Trinajstić information content (AvgIpc) is 2.41. The zero-order chi connectivity index (χ0) is 16.2. The second-order valence-corrected chi connectivity index (χ2v) is 6.65. The fourth-order valence-electron chi connectivity index (χ4n) is 2.55. The van der Waals surface area contributed by atoms with E-state index >= 15 is 0 Å². The molecule has 1 aliphatic rings. The van der Waals surface area contributed by atoms with Gasteiger partial charge in [0.05, 0.1) is 6.04 Å². The summed E-state index contributed by atoms with van der Waals surface area (Å²) in [4.78, 5) is 11.9. The number of amides is 1. The fraction of sp³-hybridized carbons (Fsp3) is 0.588. The summed E-state index contributed by atoms with van der Waals surface area (Å²) in [7, 11) is 0. The molecule has 2 rings (SSSR count). The molecule has 1 aliphatic carbocycles. The van der Waals surface area contributed by atoms with E-state index in [1.807, 2.05) is 20.8 Å². The van der Waals surface area contributed by atoms with Gasteiger partial charge in [0.25, 0.3) is 0 Å². The first-order chi connectivity index (χ1) is 10.3. The molecule has 0 radical (unpaired) electrons. The first-order valence-electron chi connectivity index (χ1n) is 7.75. The van der Waals surface area contributed by atoms with Gasteiger partial charge in [-0.1, -0.05) is 6.42 Å². The number of hydrogen-bond donors (Lipinski definition) is 1. The van der Waals surface area contributed by atoms with Crippen molar-refractivity contribution in [2.75, 3.05) is 0 Å². The molecule has 1 aromatic rings. The van der Waals surface area contributed by atoms with Gasteiger partial charge >= 0.3 is 6.09 Å². The maximum absolute atomic E-state index is 12.9. The lowest BCUT2D eigenvalue weighted by Gasteiger charge is -2.33. The van der Waals surface area contributed by atoms with Crippen LogP contribution in [0.4, 0.5) is 9.18 Å². The maximum atomic E-state index is 12.9. The standard InChI is InChI=1S/C17H24FNO3/c1-17(2,3)22-16(20)19-14-6-4-5-7-15(14)21-13-10-8-12(18)9-11-13/h8-11,14-15H,4-7H2,1-3H3,(H,19,20). The number of halogens is 1. The Balaban J connectivity index is 1.96. The Bertz CT molecular complexity index is 496. The van der Waals surface area contributed by atoms with Gasteiger partial charge in [-0.05, 0) is 64.3 Å². The molecule has 122 valence electrons. The van der Waals surface area contributed by atoms with Crippen LogP contribution in [-0.4, -0.2) is 23.8 Å². The van der Waals surface area contributed by atoms with Crippen LogP contribution in [0.15, 0.2) is 24.3 Å². The summed E-state index contributed by atoms with van der Waals surface area (Å²) in [5.74, 6) is 0.323. The van der Waals surface area contributed by atoms with Gasteiger partial charge in [0.15, 0.2) is 0 Å². The summed E-state index contributed by atoms with van der Waals surface area (Å²) in [6, 6.07) is 5.86. The summed E-state index contributed by atoms with van der Waals surface area (Å²) in [6.07, 6.45) is 3.27. The molecule has 0 bridgehead atoms.